The van der Waals surface area contributed by atoms with Gasteiger partial charge in [0, 0.05) is 22.3 Å². The van der Waals surface area contributed by atoms with E-state index in [4.69, 9.17) is 28.2 Å². The smallest absolute Gasteiger partial charge is 0.326 e. The number of rotatable bonds is 5. The number of carbonyl (C=O) groups excluding carboxylic acids is 1. The van der Waals surface area contributed by atoms with Crippen LogP contribution >= 0.6 is 35.0 Å². The number of aliphatic carboxylic acids is 1. The van der Waals surface area contributed by atoms with E-state index in [1.165, 1.54) is 16.7 Å². The molecule has 3 aliphatic heterocycles. The van der Waals surface area contributed by atoms with Crippen LogP contribution in [0.25, 0.3) is 0 Å². The molecule has 36 heavy (non-hydrogen) atoms. The summed E-state index contributed by atoms with van der Waals surface area (Å²) in [5, 5.41) is 11.7. The Balaban J connectivity index is 1.63. The van der Waals surface area contributed by atoms with Crippen molar-refractivity contribution < 1.29 is 14.7 Å². The van der Waals surface area contributed by atoms with Crippen LogP contribution in [-0.4, -0.2) is 44.5 Å². The van der Waals surface area contributed by atoms with Crippen LogP contribution in [0.15, 0.2) is 64.1 Å². The molecule has 5 rings (SSSR count). The van der Waals surface area contributed by atoms with Crippen molar-refractivity contribution in [3.63, 3.8) is 0 Å². The number of aliphatic imine (C=N–C) groups is 1. The van der Waals surface area contributed by atoms with E-state index in [0.717, 1.165) is 22.0 Å². The number of carbonyl (C=O) groups is 2. The molecule has 0 spiro atoms. The van der Waals surface area contributed by atoms with Crippen LogP contribution in [0.2, 0.25) is 10.0 Å². The monoisotopic (exact) mass is 543 g/mol. The molecule has 2 aromatic carbocycles. The highest BCUT2D eigenvalue weighted by Crippen LogP contribution is 2.56. The Bertz CT molecular complexity index is 1280. The Morgan fingerprint density at radius 2 is 1.69 bits per heavy atom. The van der Waals surface area contributed by atoms with E-state index in [1.54, 1.807) is 0 Å². The summed E-state index contributed by atoms with van der Waals surface area (Å²) in [6.45, 7) is 6.66. The number of likely N-dealkylation sites (tertiary alicyclic amines) is 1. The standard InChI is InChI=1S/C27H27Cl2N3O3S/c1-15(2)21-22(24(33)31-14-4-5-20(31)25(34)35)36-26-30-27(3,17-8-12-19(29)13-9-17)23(32(21)26)16-6-10-18(28)11-7-16/h6-13,15,20,23H,4-5,14H2,1-3H3,(H,34,35)/t20-,23+,27-/m0/s1. The highest BCUT2D eigenvalue weighted by Gasteiger charge is 2.53. The normalized spacial score (nSPS) is 25.6. The first-order chi connectivity index (χ1) is 17.1. The van der Waals surface area contributed by atoms with Crippen molar-refractivity contribution >= 4 is 52.0 Å². The molecule has 0 aromatic heterocycles. The maximum absolute atomic E-state index is 13.7. The molecular formula is C27H27Cl2N3O3S. The minimum atomic E-state index is -0.956. The number of nitrogens with zero attached hydrogens (tertiary/aromatic N) is 3. The summed E-state index contributed by atoms with van der Waals surface area (Å²) in [6.07, 6.45) is 1.16. The number of amidine groups is 1. The SMILES string of the molecule is CC(C)C1=C(C(=O)N2CCC[C@H]2C(=O)O)SC2=N[C@@](C)(c3ccc(Cl)cc3)[C@@H](c3ccc(Cl)cc3)N21. The van der Waals surface area contributed by atoms with Gasteiger partial charge in [-0.25, -0.2) is 9.79 Å². The minimum Gasteiger partial charge on any atom is -0.480 e. The summed E-state index contributed by atoms with van der Waals surface area (Å²) in [7, 11) is 0. The molecule has 3 atom stereocenters. The highest BCUT2D eigenvalue weighted by atomic mass is 35.5. The lowest BCUT2D eigenvalue weighted by molar-refractivity contribution is -0.146. The third-order valence-electron chi connectivity index (χ3n) is 7.16. The Hall–Kier alpha value is -2.48. The predicted octanol–water partition coefficient (Wildman–Crippen LogP) is 6.31. The molecule has 1 N–H and O–H groups in total. The zero-order chi connectivity index (χ0) is 25.8. The fourth-order valence-corrected chi connectivity index (χ4v) is 7.08. The third kappa shape index (κ3) is 4.11. The van der Waals surface area contributed by atoms with Crippen LogP contribution < -0.4 is 0 Å². The second-order valence-electron chi connectivity index (χ2n) is 9.84. The van der Waals surface area contributed by atoms with Crippen LogP contribution in [0.3, 0.4) is 0 Å². The van der Waals surface area contributed by atoms with E-state index >= 15 is 0 Å². The minimum absolute atomic E-state index is 0.0115. The Morgan fingerprint density at radius 3 is 2.28 bits per heavy atom. The number of hydrogen-bond donors (Lipinski definition) is 1. The molecule has 3 heterocycles. The van der Waals surface area contributed by atoms with Crippen molar-refractivity contribution in [2.45, 2.75) is 51.2 Å². The molecule has 0 saturated carbocycles. The maximum Gasteiger partial charge on any atom is 0.326 e. The third-order valence-corrected chi connectivity index (χ3v) is 8.73. The predicted molar refractivity (Wildman–Crippen MR) is 144 cm³/mol. The van der Waals surface area contributed by atoms with Crippen molar-refractivity contribution in [2.75, 3.05) is 6.54 Å². The van der Waals surface area contributed by atoms with Crippen molar-refractivity contribution in [3.05, 3.63) is 80.3 Å². The summed E-state index contributed by atoms with van der Waals surface area (Å²) in [5.41, 5.74) is 2.26. The summed E-state index contributed by atoms with van der Waals surface area (Å²) in [4.78, 5) is 35.0. The number of fused-ring (bicyclic) bond motifs is 1. The van der Waals surface area contributed by atoms with Gasteiger partial charge in [0.2, 0.25) is 0 Å². The van der Waals surface area contributed by atoms with Gasteiger partial charge in [-0.2, -0.15) is 0 Å². The zero-order valence-corrected chi connectivity index (χ0v) is 22.6. The lowest BCUT2D eigenvalue weighted by Crippen LogP contribution is -2.41. The summed E-state index contributed by atoms with van der Waals surface area (Å²) < 4.78 is 0. The summed E-state index contributed by atoms with van der Waals surface area (Å²) in [5.74, 6) is -1.17. The van der Waals surface area contributed by atoms with E-state index in [9.17, 15) is 14.7 Å². The van der Waals surface area contributed by atoms with Gasteiger partial charge < -0.3 is 14.9 Å². The molecule has 0 aliphatic carbocycles. The number of amides is 1. The lowest BCUT2D eigenvalue weighted by Gasteiger charge is -2.37. The molecular weight excluding hydrogens is 517 g/mol. The number of allylic oxidation sites excluding steroid dienone is 1. The topological polar surface area (TPSA) is 73.2 Å². The number of thioether (sulfide) groups is 1. The van der Waals surface area contributed by atoms with Crippen LogP contribution in [0.4, 0.5) is 0 Å². The molecule has 9 heteroatoms. The quantitative estimate of drug-likeness (QED) is 0.478. The van der Waals surface area contributed by atoms with Gasteiger partial charge in [-0.05, 0) is 72.8 Å². The maximum atomic E-state index is 13.7. The Labute approximate surface area is 225 Å². The second kappa shape index (κ2) is 9.43. The zero-order valence-electron chi connectivity index (χ0n) is 20.2. The fourth-order valence-electron chi connectivity index (χ4n) is 5.46. The Kier molecular flexibility index (Phi) is 6.60. The fraction of sp³-hybridized carbons (Fsp3) is 0.370. The average Bonchev–Trinajstić information content (AvgIpc) is 3.52. The van der Waals surface area contributed by atoms with E-state index in [-0.39, 0.29) is 17.9 Å². The van der Waals surface area contributed by atoms with E-state index in [2.05, 4.69) is 25.7 Å². The Morgan fingerprint density at radius 1 is 1.08 bits per heavy atom. The molecule has 188 valence electrons. The average molecular weight is 545 g/mol. The van der Waals surface area contributed by atoms with Crippen molar-refractivity contribution in [3.8, 4) is 0 Å². The van der Waals surface area contributed by atoms with Gasteiger partial charge >= 0.3 is 5.97 Å². The van der Waals surface area contributed by atoms with Gasteiger partial charge in [0.25, 0.3) is 5.91 Å². The van der Waals surface area contributed by atoms with Gasteiger partial charge in [-0.1, -0.05) is 61.3 Å². The van der Waals surface area contributed by atoms with Crippen LogP contribution in [0.1, 0.15) is 50.8 Å². The van der Waals surface area contributed by atoms with Crippen molar-refractivity contribution in [1.82, 2.24) is 9.80 Å². The van der Waals surface area contributed by atoms with E-state index < -0.39 is 17.6 Å². The van der Waals surface area contributed by atoms with Gasteiger partial charge in [0.05, 0.1) is 6.04 Å². The summed E-state index contributed by atoms with van der Waals surface area (Å²) >= 11 is 13.8. The van der Waals surface area contributed by atoms with E-state index in [1.807, 2.05) is 48.5 Å². The van der Waals surface area contributed by atoms with Gasteiger partial charge in [-0.15, -0.1) is 0 Å². The van der Waals surface area contributed by atoms with Crippen LogP contribution in [0, 0.1) is 5.92 Å². The first kappa shape index (κ1) is 25.2. The molecule has 1 saturated heterocycles. The molecule has 1 fully saturated rings. The second-order valence-corrected chi connectivity index (χ2v) is 11.7. The number of benzene rings is 2. The molecule has 3 aliphatic rings. The molecule has 6 nitrogen and oxygen atoms in total. The molecule has 0 bridgehead atoms. The number of halogens is 2. The first-order valence-corrected chi connectivity index (χ1v) is 13.6. The van der Waals surface area contributed by atoms with Gasteiger partial charge in [0.15, 0.2) is 5.17 Å². The molecule has 1 amide bonds. The largest absolute Gasteiger partial charge is 0.480 e. The van der Waals surface area contributed by atoms with Gasteiger partial charge in [0.1, 0.15) is 16.5 Å². The highest BCUT2D eigenvalue weighted by molar-refractivity contribution is 8.18. The van der Waals surface area contributed by atoms with Crippen LogP contribution in [0.5, 0.6) is 0 Å². The summed E-state index contributed by atoms with van der Waals surface area (Å²) in [6, 6.07) is 14.4. The number of carboxylic acid groups (broad SMARTS) is 1. The molecule has 2 aromatic rings. The van der Waals surface area contributed by atoms with Crippen LogP contribution in [-0.2, 0) is 15.1 Å². The van der Waals surface area contributed by atoms with Gasteiger partial charge in [-0.3, -0.25) is 4.79 Å². The van der Waals surface area contributed by atoms with Crippen molar-refractivity contribution in [2.24, 2.45) is 10.9 Å². The molecule has 0 radical (unpaired) electrons. The molecule has 0 unspecified atom stereocenters. The van der Waals surface area contributed by atoms with E-state index in [0.29, 0.717) is 34.3 Å². The first-order valence-electron chi connectivity index (χ1n) is 12.0. The lowest BCUT2D eigenvalue weighted by atomic mass is 9.81. The number of carboxylic acids is 1. The number of hydrogen-bond acceptors (Lipinski definition) is 5. The van der Waals surface area contributed by atoms with Crippen molar-refractivity contribution in [1.29, 1.82) is 0 Å².